The maximum absolute atomic E-state index is 13.5. The van der Waals surface area contributed by atoms with Gasteiger partial charge in [-0.3, -0.25) is 38.4 Å². The van der Waals surface area contributed by atoms with E-state index in [0.29, 0.717) is 60.9 Å². The average Bonchev–Trinajstić information content (AvgIpc) is 1.65. The van der Waals surface area contributed by atoms with Gasteiger partial charge in [-0.05, 0) is 122 Å². The van der Waals surface area contributed by atoms with Crippen molar-refractivity contribution in [2.24, 2.45) is 23.7 Å². The van der Waals surface area contributed by atoms with E-state index in [4.69, 9.17) is 8.83 Å². The van der Waals surface area contributed by atoms with Gasteiger partial charge in [0.25, 0.3) is 0 Å². The van der Waals surface area contributed by atoms with Crippen molar-refractivity contribution in [2.45, 2.75) is 228 Å². The van der Waals surface area contributed by atoms with Crippen LogP contribution < -0.4 is 21.3 Å². The van der Waals surface area contributed by atoms with E-state index in [9.17, 15) is 58.8 Å². The number of imidazole rings is 1. The van der Waals surface area contributed by atoms with Crippen molar-refractivity contribution in [2.75, 3.05) is 26.2 Å². The van der Waals surface area contributed by atoms with Crippen LogP contribution in [-0.2, 0) is 64.5 Å². The zero-order valence-corrected chi connectivity index (χ0v) is 82.3. The average molecular weight is 1930 g/mol. The van der Waals surface area contributed by atoms with Gasteiger partial charge in [-0.15, -0.1) is 45.3 Å². The number of nitrogens with zero attached hydrogens (tertiary/aromatic N) is 13. The predicted octanol–water partition coefficient (Wildman–Crippen LogP) is 13.0. The van der Waals surface area contributed by atoms with E-state index in [-0.39, 0.29) is 123 Å². The minimum Gasteiger partial charge on any atom is -0.449 e. The molecule has 4 aliphatic rings. The lowest BCUT2D eigenvalue weighted by Crippen LogP contribution is -2.48. The van der Waals surface area contributed by atoms with Gasteiger partial charge < -0.3 is 75.1 Å². The van der Waals surface area contributed by atoms with E-state index in [1.807, 2.05) is 209 Å². The molecule has 36 heteroatoms. The number of carbonyl (C=O) groups is 8. The van der Waals surface area contributed by atoms with Crippen LogP contribution in [0.25, 0.3) is 41.8 Å². The Morgan fingerprint density at radius 3 is 0.978 bits per heavy atom. The molecule has 0 spiro atoms. The number of amides is 8. The Bertz CT molecular complexity index is 5620. The number of hydrogen-bond donors (Lipinski definition) is 9. The lowest BCUT2D eigenvalue weighted by atomic mass is 9.90. The predicted molar refractivity (Wildman–Crippen MR) is 519 cm³/mol. The molecule has 0 bridgehead atoms. The van der Waals surface area contributed by atoms with E-state index in [0.717, 1.165) is 92.5 Å². The lowest BCUT2D eigenvalue weighted by molar-refractivity contribution is -0.141. The fraction of sp³-hybridized carbons (Fsp3) is 0.430. The van der Waals surface area contributed by atoms with Crippen LogP contribution in [0.1, 0.15) is 190 Å². The molecule has 0 radical (unpaired) electrons. The number of aromatic nitrogens is 10. The molecule has 12 atom stereocenters. The number of H-pyrrole nitrogens is 1. The van der Waals surface area contributed by atoms with Gasteiger partial charge in [-0.1, -0.05) is 152 Å². The molecule has 136 heavy (non-hydrogen) atoms. The molecule has 8 aromatic heterocycles. The van der Waals surface area contributed by atoms with E-state index in [2.05, 4.69) is 71.3 Å². The second-order valence-electron chi connectivity index (χ2n) is 36.4. The van der Waals surface area contributed by atoms with Crippen molar-refractivity contribution in [1.82, 2.24) is 90.9 Å². The highest BCUT2D eigenvalue weighted by atomic mass is 32.1. The van der Waals surface area contributed by atoms with Gasteiger partial charge in [-0.2, -0.15) is 10.2 Å². The van der Waals surface area contributed by atoms with Gasteiger partial charge in [0.15, 0.2) is 5.89 Å². The second kappa shape index (κ2) is 46.0. The topological polar surface area (TPSA) is 437 Å². The molecular formula is C100H120N18O14S4. The Labute approximate surface area is 807 Å². The number of aliphatic hydroxyl groups excluding tert-OH is 4. The van der Waals surface area contributed by atoms with Crippen LogP contribution in [0.5, 0.6) is 0 Å². The number of aryl methyl sites for hydroxylation is 7. The number of nitrogens with one attached hydrogen (secondary N) is 5. The molecule has 0 unspecified atom stereocenters. The van der Waals surface area contributed by atoms with Crippen molar-refractivity contribution in [3.63, 3.8) is 0 Å². The van der Waals surface area contributed by atoms with Crippen molar-refractivity contribution in [1.29, 1.82) is 0 Å². The summed E-state index contributed by atoms with van der Waals surface area (Å²) in [5, 5.41) is 60.9. The zero-order chi connectivity index (χ0) is 97.5. The molecule has 9 N–H and O–H groups in total. The number of rotatable bonds is 28. The molecule has 16 rings (SSSR count). The summed E-state index contributed by atoms with van der Waals surface area (Å²) in [7, 11) is 0. The third kappa shape index (κ3) is 24.9. The minimum atomic E-state index is -0.749. The fourth-order valence-corrected chi connectivity index (χ4v) is 20.8. The molecule has 12 aromatic rings. The molecule has 4 aromatic carbocycles. The SMILES string of the molecule is Cc1cnc([C@H](C(=O)N2C[C@H](O)C[C@H]2C(=O)NCc2ccc(-c3scnc3C)cc2)C(C)C)[nH]1.Cc1cnc([C@H](C(=O)N2C[C@H](O)C[C@H]2C(=O)NCc2ccc(-c3scnc3C)cc2)C(C)C)o1.Cc1nc([C@H](C(=O)N2C[C@H](O)C[C@H]2C(=O)NCc2ccc(-c3scnc3C)cc2)C(C)C)co1.Cc1ncsc1-c1ccc(CNC(=O)[C@@H]2C[C@@H](O)CN2C(=O)[C@@H](c2cccnn2)C(C)C)cc1. The number of β-amino-alcohol motifs (C(OH)–C–C–N with tert-alkyl or cyclic N) is 4. The quantitative estimate of drug-likeness (QED) is 0.0220. The molecule has 718 valence electrons. The number of thiazole rings is 4. The number of aromatic amines is 1. The minimum absolute atomic E-state index is 0.0137. The molecule has 4 saturated heterocycles. The van der Waals surface area contributed by atoms with Crippen LogP contribution in [0.2, 0.25) is 0 Å². The van der Waals surface area contributed by atoms with E-state index >= 15 is 0 Å². The molecule has 12 heterocycles. The summed E-state index contributed by atoms with van der Waals surface area (Å²) in [6.45, 7) is 30.7. The van der Waals surface area contributed by atoms with Crippen LogP contribution in [0.3, 0.4) is 0 Å². The Morgan fingerprint density at radius 1 is 0.404 bits per heavy atom. The highest BCUT2D eigenvalue weighted by Gasteiger charge is 2.48. The van der Waals surface area contributed by atoms with Crippen LogP contribution in [-0.4, -0.2) is 212 Å². The summed E-state index contributed by atoms with van der Waals surface area (Å²) < 4.78 is 11.0. The third-order valence-corrected chi connectivity index (χ3v) is 28.6. The fourth-order valence-electron chi connectivity index (χ4n) is 17.6. The van der Waals surface area contributed by atoms with E-state index in [1.165, 1.54) is 25.9 Å². The smallest absolute Gasteiger partial charge is 0.243 e. The molecule has 0 saturated carbocycles. The van der Waals surface area contributed by atoms with Gasteiger partial charge in [0.1, 0.15) is 47.9 Å². The van der Waals surface area contributed by atoms with E-state index in [1.54, 1.807) is 89.9 Å². The first-order valence-electron chi connectivity index (χ1n) is 45.7. The van der Waals surface area contributed by atoms with Crippen molar-refractivity contribution >= 4 is 92.6 Å². The number of hydrogen-bond acceptors (Lipinski definition) is 27. The van der Waals surface area contributed by atoms with Crippen LogP contribution in [0.15, 0.2) is 165 Å². The van der Waals surface area contributed by atoms with Gasteiger partial charge in [0.2, 0.25) is 53.1 Å². The Hall–Kier alpha value is -12.3. The molecule has 8 amide bonds. The normalized spacial score (nSPS) is 18.9. The number of carbonyl (C=O) groups excluding carboxylic acids is 8. The highest BCUT2D eigenvalue weighted by Crippen LogP contribution is 2.38. The van der Waals surface area contributed by atoms with Gasteiger partial charge in [0, 0.05) is 103 Å². The lowest BCUT2D eigenvalue weighted by Gasteiger charge is -2.29. The second-order valence-corrected chi connectivity index (χ2v) is 39.8. The highest BCUT2D eigenvalue weighted by molar-refractivity contribution is 7.14. The molecule has 4 aliphatic heterocycles. The molecule has 32 nitrogen and oxygen atoms in total. The van der Waals surface area contributed by atoms with Crippen LogP contribution in [0.4, 0.5) is 0 Å². The number of likely N-dealkylation sites (tertiary alicyclic amines) is 4. The van der Waals surface area contributed by atoms with Crippen LogP contribution >= 0.6 is 45.3 Å². The van der Waals surface area contributed by atoms with Crippen molar-refractivity contribution in [3.05, 3.63) is 242 Å². The summed E-state index contributed by atoms with van der Waals surface area (Å²) >= 11 is 6.40. The largest absolute Gasteiger partial charge is 0.449 e. The first-order chi connectivity index (χ1) is 65.1. The zero-order valence-electron chi connectivity index (χ0n) is 79.1. The van der Waals surface area contributed by atoms with Crippen molar-refractivity contribution < 1.29 is 67.6 Å². The maximum atomic E-state index is 13.5. The number of benzene rings is 4. The molecule has 0 aliphatic carbocycles. The van der Waals surface area contributed by atoms with Gasteiger partial charge in [0.05, 0.1) is 124 Å². The van der Waals surface area contributed by atoms with Crippen molar-refractivity contribution in [3.8, 4) is 41.8 Å². The standard InChI is InChI=1S/C25H31N5O3S.C25H29N5O3S.2C25H30N4O4S/c1-14(2)21(23-26-10-15(3)29-23)25(33)30-12-19(31)9-20(30)24(32)27-11-17-5-7-18(8-6-17)22-16(4)28-13-34-22;1-15(2)22(20-5-4-10-28-29-20)25(33)30-13-19(31)11-21(30)24(32)26-12-17-6-8-18(9-7-17)23-16(3)27-14-34-23;1-14(2)22(20-12-33-16(4)28-20)25(32)29-11-19(30)9-21(29)24(31)26-10-17-5-7-18(8-6-17)23-15(3)27-13-34-23;1-14(2)21(24-27-10-15(3)33-24)25(32)29-12-19(30)9-20(29)23(31)26-11-17-5-7-18(8-6-17)22-16(4)28-13-34-22/h5-8,10,13-14,19-21,31H,9,11-12H2,1-4H3,(H,26,29)(H,27,32);4-10,14-15,19,21-22,31H,11-13H2,1-3H3,(H,26,32);5-8,12-14,19,21-22,30H,9-11H2,1-4H3,(H,26,31);5-8,10,13-14,19-21,30H,9,11-12H2,1-4H3,(H,26,31)/t19-,20+,21-;2*19-,21+,22-;19-,20+,21-/m1111/s1. The third-order valence-electron chi connectivity index (χ3n) is 24.7. The summed E-state index contributed by atoms with van der Waals surface area (Å²) in [5.41, 5.74) is 21.5. The van der Waals surface area contributed by atoms with Gasteiger partial charge >= 0.3 is 0 Å². The van der Waals surface area contributed by atoms with Gasteiger partial charge in [-0.25, -0.2) is 34.9 Å². The number of oxazole rings is 2. The van der Waals surface area contributed by atoms with E-state index < -0.39 is 72.3 Å². The summed E-state index contributed by atoms with van der Waals surface area (Å²) in [6, 6.07) is 32.6. The van der Waals surface area contributed by atoms with Crippen LogP contribution in [0, 0.1) is 72.1 Å². The molecular weight excluding hydrogens is 1810 g/mol. The first kappa shape index (κ1) is 101. The first-order valence-corrected chi connectivity index (χ1v) is 49.3. The molecule has 4 fully saturated rings. The Balaban J connectivity index is 0.000000153. The maximum Gasteiger partial charge on any atom is 0.243 e. The monoisotopic (exact) mass is 1920 g/mol. The summed E-state index contributed by atoms with van der Waals surface area (Å²) in [5.74, 6) is -2.26. The summed E-state index contributed by atoms with van der Waals surface area (Å²) in [6.07, 6.45) is 4.24. The Morgan fingerprint density at radius 2 is 0.721 bits per heavy atom. The summed E-state index contributed by atoms with van der Waals surface area (Å²) in [4.78, 5) is 150. The Kier molecular flexibility index (Phi) is 34.2. The number of aliphatic hydroxyl groups is 4.